The molecule has 2 aliphatic heterocycles. The predicted molar refractivity (Wildman–Crippen MR) is 70.7 cm³/mol. The summed E-state index contributed by atoms with van der Waals surface area (Å²) in [5, 5.41) is 8.50. The molecule has 0 aromatic carbocycles. The van der Waals surface area contributed by atoms with Crippen LogP contribution in [-0.4, -0.2) is 66.1 Å². The monoisotopic (exact) mass is 322 g/mol. The van der Waals surface area contributed by atoms with Gasteiger partial charge >= 0.3 is 16.4 Å². The van der Waals surface area contributed by atoms with Gasteiger partial charge in [-0.3, -0.25) is 9.96 Å². The van der Waals surface area contributed by atoms with Gasteiger partial charge < -0.3 is 15.4 Å². The average Bonchev–Trinajstić information content (AvgIpc) is 2.60. The molecular weight excluding hydrogens is 304 g/mol. The van der Waals surface area contributed by atoms with E-state index in [1.807, 2.05) is 0 Å². The lowest BCUT2D eigenvalue weighted by Crippen LogP contribution is -2.46. The maximum atomic E-state index is 12.1. The van der Waals surface area contributed by atoms with Crippen LogP contribution in [0, 0.1) is 5.41 Å². The molecule has 2 fully saturated rings. The minimum Gasteiger partial charge on any atom is -0.478 e. The number of carbonyl (C=O) groups excluding carboxylic acids is 1. The van der Waals surface area contributed by atoms with Gasteiger partial charge in [-0.2, -0.15) is 13.5 Å². The first-order chi connectivity index (χ1) is 9.69. The minimum absolute atomic E-state index is 0.0900. The van der Waals surface area contributed by atoms with Crippen LogP contribution >= 0.6 is 0 Å². The number of nitrogens with two attached hydrogens (primary N) is 1. The molecule has 11 heteroatoms. The molecule has 0 spiro atoms. The van der Waals surface area contributed by atoms with E-state index in [2.05, 4.69) is 4.28 Å². The summed E-state index contributed by atoms with van der Waals surface area (Å²) >= 11 is 0. The summed E-state index contributed by atoms with van der Waals surface area (Å²) in [6.45, 7) is 2.10. The molecule has 0 saturated carbocycles. The number of rotatable bonds is 5. The lowest BCUT2D eigenvalue weighted by molar-refractivity contribution is -0.0316. The summed E-state index contributed by atoms with van der Waals surface area (Å²) in [6.07, 6.45) is 0.881. The first kappa shape index (κ1) is 15.9. The molecule has 0 aromatic heterocycles. The van der Waals surface area contributed by atoms with Gasteiger partial charge in [-0.15, -0.1) is 4.28 Å². The summed E-state index contributed by atoms with van der Waals surface area (Å²) in [5.41, 5.74) is 5.54. The Bertz CT molecular complexity index is 536. The van der Waals surface area contributed by atoms with Crippen LogP contribution in [0.15, 0.2) is 0 Å². The number of ether oxygens (including phenoxy) is 1. The Balaban J connectivity index is 2.05. The molecule has 3 atom stereocenters. The van der Waals surface area contributed by atoms with Gasteiger partial charge in [-0.1, -0.05) is 0 Å². The van der Waals surface area contributed by atoms with Crippen LogP contribution in [0.5, 0.6) is 0 Å². The number of amides is 2. The molecule has 10 nitrogen and oxygen atoms in total. The number of piperidine rings is 1. The van der Waals surface area contributed by atoms with Crippen LogP contribution < -0.4 is 5.73 Å². The summed E-state index contributed by atoms with van der Waals surface area (Å²) < 4.78 is 39.7. The van der Waals surface area contributed by atoms with Crippen LogP contribution in [0.3, 0.4) is 0 Å². The minimum atomic E-state index is -4.76. The maximum absolute atomic E-state index is 12.1. The summed E-state index contributed by atoms with van der Waals surface area (Å²) in [4.78, 5) is 13.4. The van der Waals surface area contributed by atoms with Gasteiger partial charge in [0.15, 0.2) is 0 Å². The van der Waals surface area contributed by atoms with Crippen LogP contribution in [0.1, 0.15) is 19.8 Å². The van der Waals surface area contributed by atoms with E-state index >= 15 is 0 Å². The number of carbonyl (C=O) groups is 1. The van der Waals surface area contributed by atoms with E-state index in [4.69, 9.17) is 20.4 Å². The van der Waals surface area contributed by atoms with Crippen LogP contribution in [0.25, 0.3) is 0 Å². The number of hydrogen-bond donors (Lipinski definition) is 3. The standard InChI is InChI=1S/C10H18N4O6S/c1-6(11)5-19-9(12)8-3-2-7-4-13(8)10(15)14(7)20-21(16,17)18/h6-8,12H,2-5,11H2,1H3,(H,16,17,18)/t6?,7-,8+/m1/s1. The fourth-order valence-electron chi connectivity index (χ4n) is 2.42. The van der Waals surface area contributed by atoms with Crippen molar-refractivity contribution in [3.63, 3.8) is 0 Å². The molecule has 1 unspecified atom stereocenters. The summed E-state index contributed by atoms with van der Waals surface area (Å²) in [7, 11) is -4.76. The maximum Gasteiger partial charge on any atom is 0.418 e. The number of hydroxylamine groups is 2. The lowest BCUT2D eigenvalue weighted by atomic mass is 10.0. The third-order valence-corrected chi connectivity index (χ3v) is 3.65. The second-order valence-corrected chi connectivity index (χ2v) is 6.17. The van der Waals surface area contributed by atoms with Crippen molar-refractivity contribution >= 4 is 22.3 Å². The molecule has 0 aliphatic carbocycles. The normalized spacial score (nSPS) is 26.9. The van der Waals surface area contributed by atoms with Crippen molar-refractivity contribution in [1.29, 1.82) is 5.41 Å². The van der Waals surface area contributed by atoms with Crippen molar-refractivity contribution in [3.8, 4) is 0 Å². The SMILES string of the molecule is CC(N)COC(=N)[C@@H]1CC[C@@H]2CN1C(=O)N2OS(=O)(=O)O. The molecule has 2 amide bonds. The molecule has 4 N–H and O–H groups in total. The van der Waals surface area contributed by atoms with Crippen molar-refractivity contribution in [1.82, 2.24) is 9.96 Å². The highest BCUT2D eigenvalue weighted by atomic mass is 32.3. The van der Waals surface area contributed by atoms with Gasteiger partial charge in [0.25, 0.3) is 0 Å². The van der Waals surface area contributed by atoms with E-state index in [9.17, 15) is 13.2 Å². The Labute approximate surface area is 122 Å². The Morgan fingerprint density at radius 3 is 2.81 bits per heavy atom. The zero-order valence-electron chi connectivity index (χ0n) is 11.4. The van der Waals surface area contributed by atoms with Crippen LogP contribution in [-0.2, 0) is 19.4 Å². The molecule has 0 aromatic rings. The van der Waals surface area contributed by atoms with Crippen LogP contribution in [0.4, 0.5) is 4.79 Å². The van der Waals surface area contributed by atoms with Crippen molar-refractivity contribution < 1.29 is 26.8 Å². The number of hydrogen-bond acceptors (Lipinski definition) is 7. The highest BCUT2D eigenvalue weighted by Crippen LogP contribution is 2.31. The van der Waals surface area contributed by atoms with Gasteiger partial charge in [-0.25, -0.2) is 4.79 Å². The van der Waals surface area contributed by atoms with E-state index in [0.29, 0.717) is 17.9 Å². The summed E-state index contributed by atoms with van der Waals surface area (Å²) in [6, 6.07) is -2.01. The highest BCUT2D eigenvalue weighted by molar-refractivity contribution is 7.80. The van der Waals surface area contributed by atoms with Crippen molar-refractivity contribution in [3.05, 3.63) is 0 Å². The number of fused-ring (bicyclic) bond motifs is 2. The second-order valence-electron chi connectivity index (χ2n) is 5.16. The molecule has 2 heterocycles. The van der Waals surface area contributed by atoms with Gasteiger partial charge in [0.2, 0.25) is 5.90 Å². The Hall–Kier alpha value is -1.43. The molecule has 2 bridgehead atoms. The zero-order valence-corrected chi connectivity index (χ0v) is 12.2. The first-order valence-electron chi connectivity index (χ1n) is 6.42. The van der Waals surface area contributed by atoms with Crippen molar-refractivity contribution in [2.24, 2.45) is 5.73 Å². The zero-order chi connectivity index (χ0) is 15.8. The number of nitrogens with one attached hydrogen (secondary N) is 1. The van der Waals surface area contributed by atoms with Gasteiger partial charge in [-0.05, 0) is 19.8 Å². The van der Waals surface area contributed by atoms with Crippen molar-refractivity contribution in [2.75, 3.05) is 13.2 Å². The lowest BCUT2D eigenvalue weighted by Gasteiger charge is -2.30. The van der Waals surface area contributed by atoms with E-state index in [1.54, 1.807) is 6.92 Å². The Morgan fingerprint density at radius 2 is 2.24 bits per heavy atom. The largest absolute Gasteiger partial charge is 0.478 e. The molecular formula is C10H18N4O6S. The van der Waals surface area contributed by atoms with E-state index < -0.39 is 28.5 Å². The number of urea groups is 1. The molecule has 21 heavy (non-hydrogen) atoms. The molecule has 2 saturated heterocycles. The topological polar surface area (TPSA) is 146 Å². The fraction of sp³-hybridized carbons (Fsp3) is 0.800. The Kier molecular flexibility index (Phi) is 4.37. The predicted octanol–water partition coefficient (Wildman–Crippen LogP) is -0.670. The molecule has 120 valence electrons. The third kappa shape index (κ3) is 3.61. The smallest absolute Gasteiger partial charge is 0.418 e. The average molecular weight is 322 g/mol. The van der Waals surface area contributed by atoms with Crippen LogP contribution in [0.2, 0.25) is 0 Å². The van der Waals surface area contributed by atoms with Gasteiger partial charge in [0.1, 0.15) is 12.6 Å². The second kappa shape index (κ2) is 5.75. The summed E-state index contributed by atoms with van der Waals surface area (Å²) in [5.74, 6) is -0.0900. The Morgan fingerprint density at radius 1 is 1.57 bits per heavy atom. The molecule has 0 radical (unpaired) electrons. The van der Waals surface area contributed by atoms with E-state index in [-0.39, 0.29) is 25.1 Å². The molecule has 2 rings (SSSR count). The first-order valence-corrected chi connectivity index (χ1v) is 7.79. The van der Waals surface area contributed by atoms with Crippen molar-refractivity contribution in [2.45, 2.75) is 37.9 Å². The fourth-order valence-corrected chi connectivity index (χ4v) is 2.81. The molecule has 2 aliphatic rings. The number of nitrogens with zero attached hydrogens (tertiary/aromatic N) is 2. The van der Waals surface area contributed by atoms with Gasteiger partial charge in [0.05, 0.1) is 6.04 Å². The van der Waals surface area contributed by atoms with Gasteiger partial charge in [0, 0.05) is 12.6 Å². The highest BCUT2D eigenvalue weighted by Gasteiger charge is 2.48. The van der Waals surface area contributed by atoms with E-state index in [1.165, 1.54) is 4.90 Å². The quantitative estimate of drug-likeness (QED) is 0.345. The van der Waals surface area contributed by atoms with E-state index in [0.717, 1.165) is 0 Å². The third-order valence-electron chi connectivity index (χ3n) is 3.30.